The van der Waals surface area contributed by atoms with Gasteiger partial charge in [0.2, 0.25) is 11.8 Å². The Morgan fingerprint density at radius 3 is 2.88 bits per heavy atom. The van der Waals surface area contributed by atoms with Crippen LogP contribution in [-0.4, -0.2) is 37.5 Å². The number of hydrogen-bond acceptors (Lipinski definition) is 3. The lowest BCUT2D eigenvalue weighted by Gasteiger charge is -2.37. The van der Waals surface area contributed by atoms with Gasteiger partial charge in [-0.1, -0.05) is 31.0 Å². The van der Waals surface area contributed by atoms with Crippen molar-refractivity contribution in [1.29, 1.82) is 0 Å². The fourth-order valence-corrected chi connectivity index (χ4v) is 4.67. The van der Waals surface area contributed by atoms with Gasteiger partial charge in [-0.3, -0.25) is 9.59 Å². The number of carbonyl (C=O) groups is 2. The molecule has 0 bridgehead atoms. The number of amides is 2. The van der Waals surface area contributed by atoms with Crippen LogP contribution in [0.5, 0.6) is 0 Å². The minimum Gasteiger partial charge on any atom is -0.344 e. The minimum atomic E-state index is -0.379. The molecule has 1 aromatic rings. The highest BCUT2D eigenvalue weighted by Gasteiger charge is 2.51. The molecule has 1 aliphatic carbocycles. The standard InChI is InChI=1S/C19H25N3O2/c23-17-16(9-11-22(17)15-7-2-1-3-8-15)21-18(24)19-10-5-4-6-14(19)12-20-13-19/h1-3,7-8,14,16,20H,4-6,9-13H2,(H,21,24)/t14-,16?,19+/m0/s1. The van der Waals surface area contributed by atoms with Gasteiger partial charge in [-0.05, 0) is 43.9 Å². The summed E-state index contributed by atoms with van der Waals surface area (Å²) in [5.41, 5.74) is 0.620. The van der Waals surface area contributed by atoms with Gasteiger partial charge in [-0.15, -0.1) is 0 Å². The Labute approximate surface area is 142 Å². The van der Waals surface area contributed by atoms with Crippen molar-refractivity contribution in [2.24, 2.45) is 11.3 Å². The van der Waals surface area contributed by atoms with Gasteiger partial charge in [-0.25, -0.2) is 0 Å². The second kappa shape index (κ2) is 6.20. The average Bonchev–Trinajstić information content (AvgIpc) is 3.21. The lowest BCUT2D eigenvalue weighted by molar-refractivity contribution is -0.136. The molecule has 2 N–H and O–H groups in total. The van der Waals surface area contributed by atoms with Gasteiger partial charge < -0.3 is 15.5 Å². The van der Waals surface area contributed by atoms with E-state index in [1.165, 1.54) is 6.42 Å². The third-order valence-electron chi connectivity index (χ3n) is 6.07. The van der Waals surface area contributed by atoms with Crippen LogP contribution in [0, 0.1) is 11.3 Å². The van der Waals surface area contributed by atoms with E-state index in [0.717, 1.165) is 38.0 Å². The highest BCUT2D eigenvalue weighted by atomic mass is 16.2. The van der Waals surface area contributed by atoms with Crippen molar-refractivity contribution in [1.82, 2.24) is 10.6 Å². The van der Waals surface area contributed by atoms with E-state index in [2.05, 4.69) is 10.6 Å². The number of hydrogen-bond donors (Lipinski definition) is 2. The Bertz CT molecular complexity index is 633. The summed E-state index contributed by atoms with van der Waals surface area (Å²) in [6, 6.07) is 9.32. The summed E-state index contributed by atoms with van der Waals surface area (Å²) in [6.07, 6.45) is 5.08. The van der Waals surface area contributed by atoms with Crippen LogP contribution < -0.4 is 15.5 Å². The molecule has 2 amide bonds. The van der Waals surface area contributed by atoms with E-state index in [0.29, 0.717) is 18.9 Å². The van der Waals surface area contributed by atoms with Crippen molar-refractivity contribution in [3.05, 3.63) is 30.3 Å². The van der Waals surface area contributed by atoms with Crippen LogP contribution in [0.2, 0.25) is 0 Å². The molecule has 4 rings (SSSR count). The van der Waals surface area contributed by atoms with Crippen molar-refractivity contribution < 1.29 is 9.59 Å². The number of fused-ring (bicyclic) bond motifs is 1. The van der Waals surface area contributed by atoms with Gasteiger partial charge in [0.15, 0.2) is 0 Å². The molecule has 5 nitrogen and oxygen atoms in total. The second-order valence-electron chi connectivity index (χ2n) is 7.37. The van der Waals surface area contributed by atoms with Gasteiger partial charge in [-0.2, -0.15) is 0 Å². The SMILES string of the molecule is O=C1C(NC(=O)[C@@]23CCCC[C@H]2CNC3)CCN1c1ccccc1. The first kappa shape index (κ1) is 15.6. The van der Waals surface area contributed by atoms with E-state index in [1.807, 2.05) is 30.3 Å². The third-order valence-corrected chi connectivity index (χ3v) is 6.07. The normalized spacial score (nSPS) is 32.7. The van der Waals surface area contributed by atoms with Crippen molar-refractivity contribution >= 4 is 17.5 Å². The van der Waals surface area contributed by atoms with Crippen LogP contribution in [0.4, 0.5) is 5.69 Å². The average molecular weight is 327 g/mol. The molecule has 1 unspecified atom stereocenters. The molecule has 0 spiro atoms. The van der Waals surface area contributed by atoms with Crippen LogP contribution in [0.25, 0.3) is 0 Å². The molecule has 2 aliphatic heterocycles. The number of nitrogens with zero attached hydrogens (tertiary/aromatic N) is 1. The first-order valence-corrected chi connectivity index (χ1v) is 9.09. The Balaban J connectivity index is 1.46. The van der Waals surface area contributed by atoms with Crippen molar-refractivity contribution in [2.75, 3.05) is 24.5 Å². The fourth-order valence-electron chi connectivity index (χ4n) is 4.67. The Morgan fingerprint density at radius 1 is 1.21 bits per heavy atom. The molecule has 3 atom stereocenters. The summed E-state index contributed by atoms with van der Waals surface area (Å²) in [5.74, 6) is 0.530. The minimum absolute atomic E-state index is 0.0178. The summed E-state index contributed by atoms with van der Waals surface area (Å²) < 4.78 is 0. The Kier molecular flexibility index (Phi) is 4.04. The summed E-state index contributed by atoms with van der Waals surface area (Å²) in [7, 11) is 0. The number of rotatable bonds is 3. The predicted octanol–water partition coefficient (Wildman–Crippen LogP) is 1.69. The van der Waals surface area contributed by atoms with Crippen molar-refractivity contribution in [3.8, 4) is 0 Å². The number of anilines is 1. The lowest BCUT2D eigenvalue weighted by atomic mass is 9.67. The second-order valence-corrected chi connectivity index (χ2v) is 7.37. The fraction of sp³-hybridized carbons (Fsp3) is 0.579. The largest absolute Gasteiger partial charge is 0.344 e. The number of nitrogens with one attached hydrogen (secondary N) is 2. The summed E-state index contributed by atoms with van der Waals surface area (Å²) >= 11 is 0. The highest BCUT2D eigenvalue weighted by Crippen LogP contribution is 2.44. The molecule has 24 heavy (non-hydrogen) atoms. The quantitative estimate of drug-likeness (QED) is 0.888. The molecule has 0 radical (unpaired) electrons. The molecule has 128 valence electrons. The molecule has 0 aromatic heterocycles. The van der Waals surface area contributed by atoms with Crippen molar-refractivity contribution in [2.45, 2.75) is 38.1 Å². The van der Waals surface area contributed by atoms with Gasteiger partial charge in [0.1, 0.15) is 6.04 Å². The topological polar surface area (TPSA) is 61.4 Å². The predicted molar refractivity (Wildman–Crippen MR) is 92.6 cm³/mol. The van der Waals surface area contributed by atoms with Crippen LogP contribution in [0.1, 0.15) is 32.1 Å². The molecule has 2 saturated heterocycles. The molecular weight excluding hydrogens is 302 g/mol. The van der Waals surface area contributed by atoms with E-state index in [-0.39, 0.29) is 23.3 Å². The van der Waals surface area contributed by atoms with Gasteiger partial charge in [0.25, 0.3) is 0 Å². The number of carbonyl (C=O) groups excluding carboxylic acids is 2. The summed E-state index contributed by atoms with van der Waals surface area (Å²) in [5, 5.41) is 6.49. The molecular formula is C19H25N3O2. The maximum absolute atomic E-state index is 13.0. The van der Waals surface area contributed by atoms with Crippen LogP contribution >= 0.6 is 0 Å². The van der Waals surface area contributed by atoms with Gasteiger partial charge in [0.05, 0.1) is 5.41 Å². The lowest BCUT2D eigenvalue weighted by Crippen LogP contribution is -2.52. The van der Waals surface area contributed by atoms with E-state index in [4.69, 9.17) is 0 Å². The Morgan fingerprint density at radius 2 is 2.04 bits per heavy atom. The first-order chi connectivity index (χ1) is 11.7. The van der Waals surface area contributed by atoms with E-state index < -0.39 is 0 Å². The smallest absolute Gasteiger partial charge is 0.249 e. The number of benzene rings is 1. The zero-order valence-corrected chi connectivity index (χ0v) is 14.0. The molecule has 1 aromatic carbocycles. The van der Waals surface area contributed by atoms with Gasteiger partial charge in [0, 0.05) is 18.8 Å². The molecule has 2 heterocycles. The van der Waals surface area contributed by atoms with Crippen molar-refractivity contribution in [3.63, 3.8) is 0 Å². The molecule has 3 fully saturated rings. The first-order valence-electron chi connectivity index (χ1n) is 9.09. The molecule has 3 aliphatic rings. The van der Waals surface area contributed by atoms with E-state index in [1.54, 1.807) is 4.90 Å². The zero-order valence-electron chi connectivity index (χ0n) is 14.0. The zero-order chi connectivity index (χ0) is 16.6. The maximum atomic E-state index is 13.0. The van der Waals surface area contributed by atoms with Crippen LogP contribution in [0.15, 0.2) is 30.3 Å². The van der Waals surface area contributed by atoms with E-state index in [9.17, 15) is 9.59 Å². The van der Waals surface area contributed by atoms with Gasteiger partial charge >= 0.3 is 0 Å². The monoisotopic (exact) mass is 327 g/mol. The highest BCUT2D eigenvalue weighted by molar-refractivity contribution is 6.01. The maximum Gasteiger partial charge on any atom is 0.249 e. The summed E-state index contributed by atoms with van der Waals surface area (Å²) in [6.45, 7) is 2.36. The van der Waals surface area contributed by atoms with Crippen LogP contribution in [0.3, 0.4) is 0 Å². The Hall–Kier alpha value is -1.88. The van der Waals surface area contributed by atoms with Crippen LogP contribution in [-0.2, 0) is 9.59 Å². The summed E-state index contributed by atoms with van der Waals surface area (Å²) in [4.78, 5) is 27.5. The molecule has 5 heteroatoms. The van der Waals surface area contributed by atoms with E-state index >= 15 is 0 Å². The number of para-hydroxylation sites is 1. The third kappa shape index (κ3) is 2.51. The molecule has 1 saturated carbocycles.